The van der Waals surface area contributed by atoms with E-state index in [1.165, 1.54) is 24.0 Å². The van der Waals surface area contributed by atoms with Crippen LogP contribution in [0.5, 0.6) is 23.0 Å². The largest absolute Gasteiger partial charge is 0.497 e. The van der Waals surface area contributed by atoms with E-state index in [1.807, 2.05) is 48.5 Å². The van der Waals surface area contributed by atoms with E-state index in [1.54, 1.807) is 14.2 Å². The molecule has 2 aliphatic rings. The molecule has 2 aliphatic heterocycles. The fourth-order valence-electron chi connectivity index (χ4n) is 6.79. The predicted molar refractivity (Wildman–Crippen MR) is 187 cm³/mol. The van der Waals surface area contributed by atoms with Gasteiger partial charge in [0.2, 0.25) is 0 Å². The number of rotatable bonds is 10. The van der Waals surface area contributed by atoms with Gasteiger partial charge >= 0.3 is 0 Å². The SMILES string of the molecule is COc1ccc(OC[C@H]2CN(C)CC[C@@H]2c2ccccc2)cc1.COc1ccc(OC[C@H]2CN(C)CC[C@@H]2c2ccccc2)cc1. The van der Waals surface area contributed by atoms with Crippen LogP contribution in [0.3, 0.4) is 0 Å². The lowest BCUT2D eigenvalue weighted by atomic mass is 9.81. The van der Waals surface area contributed by atoms with Crippen molar-refractivity contribution in [1.82, 2.24) is 9.80 Å². The molecule has 6 rings (SSSR count). The Balaban J connectivity index is 0.000000181. The van der Waals surface area contributed by atoms with Crippen LogP contribution in [0.4, 0.5) is 0 Å². The molecule has 4 aromatic carbocycles. The summed E-state index contributed by atoms with van der Waals surface area (Å²) in [6, 6.07) is 37.4. The van der Waals surface area contributed by atoms with Crippen LogP contribution in [0.25, 0.3) is 0 Å². The van der Waals surface area contributed by atoms with Crippen molar-refractivity contribution < 1.29 is 18.9 Å². The molecule has 0 radical (unpaired) electrons. The molecule has 0 aliphatic carbocycles. The number of likely N-dealkylation sites (tertiary alicyclic amines) is 2. The molecule has 4 aromatic rings. The van der Waals surface area contributed by atoms with E-state index in [9.17, 15) is 0 Å². The lowest BCUT2D eigenvalue weighted by molar-refractivity contribution is 0.129. The van der Waals surface area contributed by atoms with Crippen molar-refractivity contribution in [2.24, 2.45) is 11.8 Å². The lowest BCUT2D eigenvalue weighted by Gasteiger charge is -2.37. The van der Waals surface area contributed by atoms with E-state index in [-0.39, 0.29) is 0 Å². The first-order valence-corrected chi connectivity index (χ1v) is 16.5. The van der Waals surface area contributed by atoms with Crippen molar-refractivity contribution in [2.75, 3.05) is 67.7 Å². The highest BCUT2D eigenvalue weighted by Gasteiger charge is 2.30. The average molecular weight is 623 g/mol. The van der Waals surface area contributed by atoms with Crippen LogP contribution < -0.4 is 18.9 Å². The van der Waals surface area contributed by atoms with Crippen molar-refractivity contribution in [3.05, 3.63) is 120 Å². The molecule has 46 heavy (non-hydrogen) atoms. The maximum atomic E-state index is 6.06. The van der Waals surface area contributed by atoms with Crippen LogP contribution in [0.2, 0.25) is 0 Å². The van der Waals surface area contributed by atoms with Crippen molar-refractivity contribution in [1.29, 1.82) is 0 Å². The van der Waals surface area contributed by atoms with Gasteiger partial charge in [-0.25, -0.2) is 0 Å². The van der Waals surface area contributed by atoms with Gasteiger partial charge in [-0.3, -0.25) is 0 Å². The highest BCUT2D eigenvalue weighted by molar-refractivity contribution is 5.32. The molecule has 0 spiro atoms. The normalized spacial score (nSPS) is 21.8. The maximum absolute atomic E-state index is 6.06. The number of nitrogens with zero attached hydrogens (tertiary/aromatic N) is 2. The zero-order valence-electron chi connectivity index (χ0n) is 27.9. The summed E-state index contributed by atoms with van der Waals surface area (Å²) in [6.45, 7) is 5.95. The Kier molecular flexibility index (Phi) is 12.4. The third-order valence-corrected chi connectivity index (χ3v) is 9.38. The number of benzene rings is 4. The summed E-state index contributed by atoms with van der Waals surface area (Å²) in [5.41, 5.74) is 2.87. The molecule has 0 amide bonds. The first kappa shape index (κ1) is 33.4. The van der Waals surface area contributed by atoms with Gasteiger partial charge in [-0.2, -0.15) is 0 Å². The Morgan fingerprint density at radius 1 is 0.500 bits per heavy atom. The van der Waals surface area contributed by atoms with Gasteiger partial charge in [0.1, 0.15) is 23.0 Å². The molecule has 244 valence electrons. The second-order valence-corrected chi connectivity index (χ2v) is 12.6. The van der Waals surface area contributed by atoms with Crippen LogP contribution in [0, 0.1) is 11.8 Å². The van der Waals surface area contributed by atoms with E-state index >= 15 is 0 Å². The third kappa shape index (κ3) is 9.51. The Morgan fingerprint density at radius 3 is 1.20 bits per heavy atom. The smallest absolute Gasteiger partial charge is 0.119 e. The molecule has 0 bridgehead atoms. The van der Waals surface area contributed by atoms with Crippen LogP contribution in [0.15, 0.2) is 109 Å². The van der Waals surface area contributed by atoms with E-state index in [4.69, 9.17) is 18.9 Å². The van der Waals surface area contributed by atoms with Gasteiger partial charge in [-0.15, -0.1) is 0 Å². The van der Waals surface area contributed by atoms with E-state index in [0.717, 1.165) is 62.4 Å². The number of hydrogen-bond donors (Lipinski definition) is 0. The molecule has 0 saturated carbocycles. The Labute approximate surface area is 275 Å². The van der Waals surface area contributed by atoms with E-state index in [2.05, 4.69) is 84.6 Å². The summed E-state index contributed by atoms with van der Waals surface area (Å²) >= 11 is 0. The van der Waals surface area contributed by atoms with Crippen LogP contribution in [-0.4, -0.2) is 77.5 Å². The minimum Gasteiger partial charge on any atom is -0.497 e. The van der Waals surface area contributed by atoms with Crippen molar-refractivity contribution >= 4 is 0 Å². The van der Waals surface area contributed by atoms with Crippen molar-refractivity contribution in [2.45, 2.75) is 24.7 Å². The standard InChI is InChI=1S/2C20H25NO2/c2*1-21-13-12-20(16-6-4-3-5-7-16)17(14-21)15-23-19-10-8-18(22-2)9-11-19/h2*3-11,17,20H,12-15H2,1-2H3/t2*17-,20-/m11/s1. The minimum absolute atomic E-state index is 0.512. The molecule has 0 unspecified atom stereocenters. The molecule has 6 heteroatoms. The topological polar surface area (TPSA) is 43.4 Å². The molecule has 2 saturated heterocycles. The summed E-state index contributed by atoms with van der Waals surface area (Å²) in [4.78, 5) is 4.81. The van der Waals surface area contributed by atoms with Gasteiger partial charge in [-0.1, -0.05) is 60.7 Å². The summed E-state index contributed by atoms with van der Waals surface area (Å²) in [5, 5.41) is 0. The number of hydrogen-bond acceptors (Lipinski definition) is 6. The van der Waals surface area contributed by atoms with Gasteiger partial charge in [-0.05, 0) is 112 Å². The summed E-state index contributed by atoms with van der Waals surface area (Å²) in [5.74, 6) is 5.71. The fraction of sp³-hybridized carbons (Fsp3) is 0.400. The van der Waals surface area contributed by atoms with E-state index in [0.29, 0.717) is 23.7 Å². The first-order chi connectivity index (χ1) is 22.5. The zero-order chi connectivity index (χ0) is 32.1. The van der Waals surface area contributed by atoms with Crippen molar-refractivity contribution in [3.8, 4) is 23.0 Å². The number of ether oxygens (including phenoxy) is 4. The molecule has 6 nitrogen and oxygen atoms in total. The highest BCUT2D eigenvalue weighted by Crippen LogP contribution is 2.34. The molecule has 2 fully saturated rings. The van der Waals surface area contributed by atoms with Crippen LogP contribution in [0.1, 0.15) is 35.8 Å². The second kappa shape index (κ2) is 17.1. The fourth-order valence-corrected chi connectivity index (χ4v) is 6.79. The molecule has 0 aromatic heterocycles. The van der Waals surface area contributed by atoms with Gasteiger partial charge in [0.05, 0.1) is 27.4 Å². The summed E-state index contributed by atoms with van der Waals surface area (Å²) < 4.78 is 22.5. The quantitative estimate of drug-likeness (QED) is 0.181. The maximum Gasteiger partial charge on any atom is 0.119 e. The van der Waals surface area contributed by atoms with Gasteiger partial charge in [0.15, 0.2) is 0 Å². The molecule has 2 heterocycles. The predicted octanol–water partition coefficient (Wildman–Crippen LogP) is 7.62. The average Bonchev–Trinajstić information content (AvgIpc) is 3.11. The molecule has 0 N–H and O–H groups in total. The van der Waals surface area contributed by atoms with Gasteiger partial charge < -0.3 is 28.7 Å². The first-order valence-electron chi connectivity index (χ1n) is 16.5. The van der Waals surface area contributed by atoms with Crippen molar-refractivity contribution in [3.63, 3.8) is 0 Å². The van der Waals surface area contributed by atoms with Crippen LogP contribution in [-0.2, 0) is 0 Å². The van der Waals surface area contributed by atoms with Gasteiger partial charge in [0, 0.05) is 24.9 Å². The Hall–Kier alpha value is -4.00. The monoisotopic (exact) mass is 622 g/mol. The Morgan fingerprint density at radius 2 is 0.848 bits per heavy atom. The number of piperidine rings is 2. The van der Waals surface area contributed by atoms with E-state index < -0.39 is 0 Å². The van der Waals surface area contributed by atoms with Crippen LogP contribution >= 0.6 is 0 Å². The molecular weight excluding hydrogens is 572 g/mol. The Bertz CT molecular complexity index is 1300. The summed E-state index contributed by atoms with van der Waals surface area (Å²) in [7, 11) is 7.75. The second-order valence-electron chi connectivity index (χ2n) is 12.6. The molecule has 4 atom stereocenters. The van der Waals surface area contributed by atoms with Gasteiger partial charge in [0.25, 0.3) is 0 Å². The third-order valence-electron chi connectivity index (χ3n) is 9.38. The minimum atomic E-state index is 0.512. The number of methoxy groups -OCH3 is 2. The molecular formula is C40H50N2O4. The lowest BCUT2D eigenvalue weighted by Crippen LogP contribution is -2.39. The zero-order valence-corrected chi connectivity index (χ0v) is 27.9. The summed E-state index contributed by atoms with van der Waals surface area (Å²) in [6.07, 6.45) is 2.38. The highest BCUT2D eigenvalue weighted by atomic mass is 16.5.